The van der Waals surface area contributed by atoms with Gasteiger partial charge in [-0.1, -0.05) is 0 Å². The van der Waals surface area contributed by atoms with Crippen LogP contribution in [0.3, 0.4) is 0 Å². The van der Waals surface area contributed by atoms with E-state index in [9.17, 15) is 120 Å². The summed E-state index contributed by atoms with van der Waals surface area (Å²) >= 11 is 0. The van der Waals surface area contributed by atoms with Crippen molar-refractivity contribution in [1.82, 2.24) is 0 Å². The first-order valence-corrected chi connectivity index (χ1v) is 26.5. The van der Waals surface area contributed by atoms with Crippen LogP contribution in [0.1, 0.15) is 0 Å². The Balaban J connectivity index is 1.76. The molecule has 15 N–H and O–H groups in total. The first-order valence-electron chi connectivity index (χ1n) is 19.6. The van der Waals surface area contributed by atoms with Crippen LogP contribution in [0, 0.1) is 0 Å². The minimum Gasteiger partial charge on any atom is -0.479 e. The quantitative estimate of drug-likeness (QED) is 0.0282. The molecule has 0 aromatic rings. The van der Waals surface area contributed by atoms with Crippen molar-refractivity contribution in [1.29, 1.82) is 0 Å². The van der Waals surface area contributed by atoms with Gasteiger partial charge >= 0.3 is 75.9 Å². The normalized spacial score (nSPS) is 37.4. The van der Waals surface area contributed by atoms with Crippen molar-refractivity contribution in [3.05, 3.63) is 0 Å². The van der Waals surface area contributed by atoms with Gasteiger partial charge < -0.3 is 89.2 Å². The fraction of sp³-hybridized carbons (Fsp3) is 0.857. The Morgan fingerprint density at radius 1 is 0.373 bits per heavy atom. The third-order valence-electron chi connectivity index (χ3n) is 9.87. The maximum atomic E-state index is 12.7. The lowest BCUT2D eigenvalue weighted by Gasteiger charge is -2.48. The molecule has 47 heteroatoms. The summed E-state index contributed by atoms with van der Waals surface area (Å²) in [6.07, 6.45) is -59.4. The molecule has 0 unspecified atom stereocenters. The summed E-state index contributed by atoms with van der Waals surface area (Å²) in [5.41, 5.74) is 5.28. The smallest absolute Gasteiger partial charge is 0.397 e. The van der Waals surface area contributed by atoms with Gasteiger partial charge in [0.2, 0.25) is 0 Å². The Morgan fingerprint density at radius 2 is 0.613 bits per heavy atom. The van der Waals surface area contributed by atoms with Crippen molar-refractivity contribution < 1.29 is 188 Å². The van der Waals surface area contributed by atoms with Gasteiger partial charge in [0.15, 0.2) is 74.0 Å². The van der Waals surface area contributed by atoms with E-state index in [1.807, 2.05) is 0 Å². The molecule has 42 nitrogen and oxygen atoms in total. The molecule has 0 saturated carbocycles. The van der Waals surface area contributed by atoms with Crippen LogP contribution in [0.25, 0.3) is 0 Å². The summed E-state index contributed by atoms with van der Waals surface area (Å²) in [6.45, 7) is -1.06. The molecule has 4 aliphatic heterocycles. The topological polar surface area (TPSA) is 657 Å². The second-order valence-electron chi connectivity index (χ2n) is 15.0. The molecule has 4 rings (SSSR count). The first-order chi connectivity index (χ1) is 34.2. The molecule has 0 bridgehead atoms. The van der Waals surface area contributed by atoms with E-state index in [1.165, 1.54) is 0 Å². The monoisotopic (exact) mass is 1210 g/mol. The van der Waals surface area contributed by atoms with E-state index < -0.39 is 205 Å². The van der Waals surface area contributed by atoms with Crippen LogP contribution in [-0.4, -0.2) is 279 Å². The molecule has 0 radical (unpaired) electrons. The highest BCUT2D eigenvalue weighted by Gasteiger charge is 2.61. The highest BCUT2D eigenvalue weighted by atomic mass is 32.3. The molecule has 0 aromatic carbocycles. The zero-order valence-electron chi connectivity index (χ0n) is 36.2. The number of hydrogen-bond donors (Lipinski definition) is 14. The van der Waals surface area contributed by atoms with E-state index in [2.05, 4.69) is 20.9 Å². The molecular formula is C28H43NO41S5. The fourth-order valence-corrected chi connectivity index (χ4v) is 9.55. The number of hydrogen-bond acceptors (Lipinski definition) is 33. The van der Waals surface area contributed by atoms with Crippen molar-refractivity contribution >= 4 is 75.9 Å². The number of nitrogens with two attached hydrogens (primary N) is 1. The average Bonchev–Trinajstić information content (AvgIpc) is 3.23. The third-order valence-corrected chi connectivity index (χ3v) is 12.2. The molecule has 0 aliphatic carbocycles. The van der Waals surface area contributed by atoms with Gasteiger partial charge in [-0.2, -0.15) is 42.1 Å². The van der Waals surface area contributed by atoms with Gasteiger partial charge in [-0.25, -0.2) is 40.1 Å². The summed E-state index contributed by atoms with van der Waals surface area (Å²) < 4.78 is 233. The van der Waals surface area contributed by atoms with Gasteiger partial charge in [0.25, 0.3) is 0 Å². The predicted molar refractivity (Wildman–Crippen MR) is 212 cm³/mol. The van der Waals surface area contributed by atoms with Crippen LogP contribution >= 0.6 is 0 Å². The molecule has 0 aromatic heterocycles. The van der Waals surface area contributed by atoms with Gasteiger partial charge in [0, 0.05) is 6.54 Å². The van der Waals surface area contributed by atoms with Crippen molar-refractivity contribution in [3.63, 3.8) is 0 Å². The van der Waals surface area contributed by atoms with Gasteiger partial charge in [0.05, 0.1) is 19.8 Å². The molecule has 4 saturated heterocycles. The van der Waals surface area contributed by atoms with E-state index in [0.717, 1.165) is 0 Å². The molecule has 75 heavy (non-hydrogen) atoms. The van der Waals surface area contributed by atoms with Crippen LogP contribution < -0.4 is 5.73 Å². The Kier molecular flexibility index (Phi) is 21.6. The van der Waals surface area contributed by atoms with E-state index in [0.29, 0.717) is 0 Å². The zero-order chi connectivity index (χ0) is 57.1. The van der Waals surface area contributed by atoms with Gasteiger partial charge in [-0.15, -0.1) is 0 Å². The van der Waals surface area contributed by atoms with E-state index in [-0.39, 0.29) is 19.8 Å². The number of ether oxygens (including phenoxy) is 9. The SMILES string of the molecule is NCCOCCO[C@@H]1O[C@@H](C(=O)O)[C@@H](O[C@@H]2O[C@@H](C(=O)O)[C@@H](O[C@@H]3O[C@@H](C(=O)O)[C@@H](O[C@@H]4O[C@@H](C(=O)O)[C@@H](OS(=O)(=O)O)[C@H](O)[C@H]4OS(=O)(=O)O)[C@H](O)[C@H]3OS(=O)(=O)O)[C@H](O)[C@H]2OS(=O)(=O)O)[C@H](O)[C@H]1OS(=O)(=O)O. The number of aliphatic hydroxyl groups is 4. The highest BCUT2D eigenvalue weighted by Crippen LogP contribution is 2.38. The van der Waals surface area contributed by atoms with E-state index in [4.69, 9.17) is 52.9 Å². The number of carbonyl (C=O) groups is 4. The lowest BCUT2D eigenvalue weighted by atomic mass is 9.95. The van der Waals surface area contributed by atoms with Crippen LogP contribution in [0.2, 0.25) is 0 Å². The number of carboxylic acids is 4. The predicted octanol–water partition coefficient (Wildman–Crippen LogP) is -10.2. The first kappa shape index (κ1) is 64.2. The molecule has 20 atom stereocenters. The maximum absolute atomic E-state index is 12.7. The zero-order valence-corrected chi connectivity index (χ0v) is 40.3. The molecule has 436 valence electrons. The number of rotatable bonds is 26. The lowest BCUT2D eigenvalue weighted by molar-refractivity contribution is -0.374. The minimum atomic E-state index is -6.10. The van der Waals surface area contributed by atoms with Gasteiger partial charge in [0.1, 0.15) is 48.8 Å². The fourth-order valence-electron chi connectivity index (χ4n) is 7.11. The molecule has 0 spiro atoms. The van der Waals surface area contributed by atoms with Crippen molar-refractivity contribution in [2.24, 2.45) is 5.73 Å². The number of aliphatic hydroxyl groups excluding tert-OH is 4. The second kappa shape index (κ2) is 25.2. The summed E-state index contributed by atoms with van der Waals surface area (Å²) in [7, 11) is -29.6. The van der Waals surface area contributed by atoms with Crippen molar-refractivity contribution in [2.45, 2.75) is 123 Å². The van der Waals surface area contributed by atoms with Gasteiger partial charge in [-0.3, -0.25) is 22.8 Å². The number of carboxylic acid groups (broad SMARTS) is 4. The van der Waals surface area contributed by atoms with Gasteiger partial charge in [-0.05, 0) is 0 Å². The van der Waals surface area contributed by atoms with Crippen LogP contribution in [0.5, 0.6) is 0 Å². The van der Waals surface area contributed by atoms with Crippen molar-refractivity contribution in [2.75, 3.05) is 26.4 Å². The summed E-state index contributed by atoms with van der Waals surface area (Å²) in [4.78, 5) is 49.8. The number of aliphatic carboxylic acids is 4. The van der Waals surface area contributed by atoms with Crippen molar-refractivity contribution in [3.8, 4) is 0 Å². The third kappa shape index (κ3) is 17.8. The summed E-state index contributed by atoms with van der Waals surface area (Å²) in [6, 6.07) is 0. The largest absolute Gasteiger partial charge is 0.479 e. The highest BCUT2D eigenvalue weighted by molar-refractivity contribution is 7.81. The standard InChI is InChI=1S/C28H43NO41S5/c29-1-2-57-3-4-58-25-13(67-72(45,46)47)5(30)9(17(62-25)21(34)35)59-26-14(68-73(48,49)50)6(31)10(18(63-26)22(36)37)60-27-15(69-74(51,52)53)7(32)11(19(64-27)23(38)39)61-28-16(70-75(54,55)56)8(33)12(66-71(42,43)44)20(65-28)24(40)41/h5-20,25-28,30-33H,1-4,29H2,(H,34,35)(H,36,37)(H,38,39)(H,40,41)(H,42,43,44)(H,45,46,47)(H,48,49,50)(H,51,52,53)(H,54,55,56)/t5-,6-,7-,8-,9-,10-,11-,12-,13+,14+,15+,16+,17+,18+,19+,20+,25+,26+,27+,28+/m0/s1. The Labute approximate surface area is 418 Å². The molecule has 4 fully saturated rings. The molecular weight excluding hydrogens is 1170 g/mol. The Bertz CT molecular complexity index is 2600. The van der Waals surface area contributed by atoms with Crippen LogP contribution in [0.15, 0.2) is 0 Å². The summed E-state index contributed by atoms with van der Waals surface area (Å²) in [5.74, 6) is -9.42. The van der Waals surface area contributed by atoms with Crippen LogP contribution in [0.4, 0.5) is 0 Å². The average molecular weight is 1210 g/mol. The van der Waals surface area contributed by atoms with E-state index in [1.54, 1.807) is 0 Å². The molecule has 4 aliphatic rings. The van der Waals surface area contributed by atoms with Crippen LogP contribution in [-0.2, 0) is 135 Å². The second-order valence-corrected chi connectivity index (χ2v) is 20.3. The maximum Gasteiger partial charge on any atom is 0.397 e. The Morgan fingerprint density at radius 3 is 0.880 bits per heavy atom. The summed E-state index contributed by atoms with van der Waals surface area (Å²) in [5, 5.41) is 84.8. The Hall–Kier alpha value is -3.33. The molecule has 4 heterocycles. The molecule has 0 amide bonds. The lowest BCUT2D eigenvalue weighted by Crippen LogP contribution is -2.69. The minimum absolute atomic E-state index is 0.0118. The van der Waals surface area contributed by atoms with E-state index >= 15 is 0 Å².